The molecule has 0 saturated carbocycles. The first-order chi connectivity index (χ1) is 17.0. The Kier molecular flexibility index (Phi) is 7.67. The monoisotopic (exact) mass is 475 g/mol. The minimum absolute atomic E-state index is 0.445. The van der Waals surface area contributed by atoms with Gasteiger partial charge in [0.2, 0.25) is 17.4 Å². The maximum absolute atomic E-state index is 5.77. The summed E-state index contributed by atoms with van der Waals surface area (Å²) in [5.74, 6) is 1.58. The Morgan fingerprint density at radius 1 is 1.00 bits per heavy atom. The summed E-state index contributed by atoms with van der Waals surface area (Å²) in [6.45, 7) is 7.07. The summed E-state index contributed by atoms with van der Waals surface area (Å²) >= 11 is 0. The van der Waals surface area contributed by atoms with E-state index in [1.165, 1.54) is 0 Å². The Balaban J connectivity index is 1.63. The largest absolute Gasteiger partial charge is 0.347 e. The van der Waals surface area contributed by atoms with Gasteiger partial charge in [0, 0.05) is 32.6 Å². The van der Waals surface area contributed by atoms with Gasteiger partial charge in [-0.05, 0) is 27.8 Å². The van der Waals surface area contributed by atoms with Crippen molar-refractivity contribution in [3.8, 4) is 22.5 Å². The first-order valence-electron chi connectivity index (χ1n) is 12.0. The number of rotatable bonds is 11. The molecular weight excluding hydrogens is 442 g/mol. The molecule has 0 aliphatic heterocycles. The molecule has 4 rings (SSSR count). The highest BCUT2D eigenvalue weighted by molar-refractivity contribution is 5.80. The van der Waals surface area contributed by atoms with Crippen LogP contribution in [-0.4, -0.2) is 49.6 Å². The number of aromatic nitrogens is 7. The van der Waals surface area contributed by atoms with Gasteiger partial charge in [0.25, 0.3) is 0 Å². The quantitative estimate of drug-likeness (QED) is 0.316. The van der Waals surface area contributed by atoms with Crippen LogP contribution in [-0.2, 0) is 28.2 Å². The first-order valence-corrected chi connectivity index (χ1v) is 12.0. The van der Waals surface area contributed by atoms with E-state index < -0.39 is 5.79 Å². The number of hydrogen-bond donors (Lipinski definition) is 1. The maximum atomic E-state index is 5.77. The van der Waals surface area contributed by atoms with Gasteiger partial charge in [-0.3, -0.25) is 0 Å². The van der Waals surface area contributed by atoms with Crippen molar-refractivity contribution >= 4 is 0 Å². The number of nitrogens with zero attached hydrogens (tertiary/aromatic N) is 6. The van der Waals surface area contributed by atoms with Crippen LogP contribution in [0.2, 0.25) is 0 Å². The van der Waals surface area contributed by atoms with Crippen LogP contribution >= 0.6 is 0 Å². The second kappa shape index (κ2) is 10.9. The van der Waals surface area contributed by atoms with Crippen LogP contribution in [0.5, 0.6) is 0 Å². The number of benzene rings is 2. The number of hydrogen-bond acceptors (Lipinski definition) is 7. The second-order valence-corrected chi connectivity index (χ2v) is 9.00. The van der Waals surface area contributed by atoms with Gasteiger partial charge in [-0.15, -0.1) is 15.3 Å². The Morgan fingerprint density at radius 3 is 2.31 bits per heavy atom. The second-order valence-electron chi connectivity index (χ2n) is 9.00. The van der Waals surface area contributed by atoms with Crippen LogP contribution in [0, 0.1) is 5.92 Å². The molecule has 2 heterocycles. The van der Waals surface area contributed by atoms with E-state index in [0.29, 0.717) is 30.5 Å². The number of methoxy groups -OCH3 is 2. The number of H-pyrrole nitrogens is 1. The highest BCUT2D eigenvalue weighted by atomic mass is 16.7. The topological polar surface area (TPSA) is 104 Å². The summed E-state index contributed by atoms with van der Waals surface area (Å²) in [5.41, 5.74) is 4.19. The summed E-state index contributed by atoms with van der Waals surface area (Å²) in [6, 6.07) is 16.5. The van der Waals surface area contributed by atoms with E-state index in [4.69, 9.17) is 19.6 Å². The van der Waals surface area contributed by atoms with E-state index in [9.17, 15) is 0 Å². The molecule has 35 heavy (non-hydrogen) atoms. The van der Waals surface area contributed by atoms with Gasteiger partial charge in [0.15, 0.2) is 0 Å². The lowest BCUT2D eigenvalue weighted by atomic mass is 9.98. The van der Waals surface area contributed by atoms with E-state index in [-0.39, 0.29) is 0 Å². The van der Waals surface area contributed by atoms with Gasteiger partial charge in [0.1, 0.15) is 5.82 Å². The molecule has 184 valence electrons. The number of nitrogens with one attached hydrogen (secondary N) is 1. The molecule has 0 radical (unpaired) electrons. The molecule has 1 N–H and O–H groups in total. The first kappa shape index (κ1) is 24.7. The molecule has 2 aromatic heterocycles. The van der Waals surface area contributed by atoms with Crippen molar-refractivity contribution in [2.75, 3.05) is 14.2 Å². The molecular formula is C26H33N7O2. The zero-order valence-corrected chi connectivity index (χ0v) is 21.0. The predicted molar refractivity (Wildman–Crippen MR) is 133 cm³/mol. The molecule has 0 spiro atoms. The molecule has 0 aliphatic carbocycles. The number of tetrazole rings is 1. The SMILES string of the molecule is CCCC(OC)(OC)c1nc(CC(C)C)n(Cc2ccc(-c3ccccc3-c3nn[nH]n3)cc2)n1. The summed E-state index contributed by atoms with van der Waals surface area (Å²) < 4.78 is 13.5. The van der Waals surface area contributed by atoms with Gasteiger partial charge < -0.3 is 9.47 Å². The van der Waals surface area contributed by atoms with Crippen molar-refractivity contribution in [3.05, 3.63) is 65.7 Å². The smallest absolute Gasteiger partial charge is 0.231 e. The summed E-state index contributed by atoms with van der Waals surface area (Å²) in [6.07, 6.45) is 2.39. The fourth-order valence-corrected chi connectivity index (χ4v) is 4.26. The van der Waals surface area contributed by atoms with E-state index in [1.54, 1.807) is 14.2 Å². The van der Waals surface area contributed by atoms with E-state index in [0.717, 1.165) is 40.9 Å². The molecule has 0 aliphatic rings. The molecule has 0 fully saturated rings. The van der Waals surface area contributed by atoms with Crippen molar-refractivity contribution in [1.82, 2.24) is 35.4 Å². The lowest BCUT2D eigenvalue weighted by Crippen LogP contribution is -2.32. The highest BCUT2D eigenvalue weighted by Crippen LogP contribution is 2.31. The fourth-order valence-electron chi connectivity index (χ4n) is 4.26. The Bertz CT molecular complexity index is 1210. The minimum Gasteiger partial charge on any atom is -0.347 e. The third-order valence-corrected chi connectivity index (χ3v) is 6.03. The maximum Gasteiger partial charge on any atom is 0.231 e. The Morgan fingerprint density at radius 2 is 1.71 bits per heavy atom. The average molecular weight is 476 g/mol. The predicted octanol–water partition coefficient (Wildman–Crippen LogP) is 4.62. The lowest BCUT2D eigenvalue weighted by Gasteiger charge is -2.27. The van der Waals surface area contributed by atoms with Crippen LogP contribution in [0.1, 0.15) is 50.8 Å². The Labute approximate surface area is 205 Å². The molecule has 2 aromatic carbocycles. The summed E-state index contributed by atoms with van der Waals surface area (Å²) in [5, 5.41) is 19.4. The van der Waals surface area contributed by atoms with Crippen LogP contribution in [0.25, 0.3) is 22.5 Å². The molecule has 0 bridgehead atoms. The molecule has 4 aromatic rings. The standard InChI is InChI=1S/C26H33N7O2/c1-6-15-26(34-4,35-5)25-27-23(16-18(2)3)33(30-25)17-19-11-13-20(14-12-19)21-9-7-8-10-22(21)24-28-31-32-29-24/h7-14,18H,6,15-17H2,1-5H3,(H,28,29,31,32). The summed E-state index contributed by atoms with van der Waals surface area (Å²) in [7, 11) is 3.29. The van der Waals surface area contributed by atoms with Gasteiger partial charge in [-0.25, -0.2) is 9.67 Å². The zero-order valence-electron chi connectivity index (χ0n) is 21.0. The van der Waals surface area contributed by atoms with Gasteiger partial charge in [-0.1, -0.05) is 75.7 Å². The zero-order chi connectivity index (χ0) is 24.8. The van der Waals surface area contributed by atoms with Crippen molar-refractivity contribution in [1.29, 1.82) is 0 Å². The molecule has 0 atom stereocenters. The van der Waals surface area contributed by atoms with Crippen molar-refractivity contribution in [2.24, 2.45) is 5.92 Å². The van der Waals surface area contributed by atoms with Crippen LogP contribution in [0.15, 0.2) is 48.5 Å². The average Bonchev–Trinajstić information content (AvgIpc) is 3.54. The molecule has 9 nitrogen and oxygen atoms in total. The third kappa shape index (κ3) is 5.31. The van der Waals surface area contributed by atoms with Crippen LogP contribution < -0.4 is 0 Å². The van der Waals surface area contributed by atoms with Gasteiger partial charge >= 0.3 is 0 Å². The van der Waals surface area contributed by atoms with E-state index >= 15 is 0 Å². The molecule has 0 unspecified atom stereocenters. The van der Waals surface area contributed by atoms with E-state index in [2.05, 4.69) is 71.7 Å². The van der Waals surface area contributed by atoms with Crippen LogP contribution in [0.4, 0.5) is 0 Å². The van der Waals surface area contributed by atoms with E-state index in [1.807, 2.05) is 22.9 Å². The van der Waals surface area contributed by atoms with Crippen molar-refractivity contribution in [2.45, 2.75) is 52.4 Å². The molecule has 0 saturated heterocycles. The number of aromatic amines is 1. The summed E-state index contributed by atoms with van der Waals surface area (Å²) in [4.78, 5) is 4.86. The Hall–Kier alpha value is -3.43. The third-order valence-electron chi connectivity index (χ3n) is 6.03. The molecule has 0 amide bonds. The molecule has 9 heteroatoms. The van der Waals surface area contributed by atoms with Crippen LogP contribution in [0.3, 0.4) is 0 Å². The van der Waals surface area contributed by atoms with Crippen molar-refractivity contribution < 1.29 is 9.47 Å². The van der Waals surface area contributed by atoms with Crippen molar-refractivity contribution in [3.63, 3.8) is 0 Å². The minimum atomic E-state index is -0.936. The lowest BCUT2D eigenvalue weighted by molar-refractivity contribution is -0.225. The van der Waals surface area contributed by atoms with Gasteiger partial charge in [-0.2, -0.15) is 5.21 Å². The highest BCUT2D eigenvalue weighted by Gasteiger charge is 2.36. The number of ether oxygens (including phenoxy) is 2. The normalized spacial score (nSPS) is 11.9. The fraction of sp³-hybridized carbons (Fsp3) is 0.423. The van der Waals surface area contributed by atoms with Gasteiger partial charge in [0.05, 0.1) is 6.54 Å².